The van der Waals surface area contributed by atoms with Crippen molar-refractivity contribution in [2.24, 2.45) is 5.92 Å². The fraction of sp³-hybridized carbons (Fsp3) is 0.333. The van der Waals surface area contributed by atoms with Gasteiger partial charge >= 0.3 is 0 Å². The fourth-order valence-electron chi connectivity index (χ4n) is 2.09. The van der Waals surface area contributed by atoms with Crippen molar-refractivity contribution >= 4 is 0 Å². The molecule has 0 fully saturated rings. The Hall–Kier alpha value is -1.76. The summed E-state index contributed by atoms with van der Waals surface area (Å²) in [7, 11) is 0. The second kappa shape index (κ2) is 6.42. The largest absolute Gasteiger partial charge is 0.457 e. The molecule has 0 radical (unpaired) electrons. The van der Waals surface area contributed by atoms with E-state index in [9.17, 15) is 0 Å². The molecule has 0 heterocycles. The summed E-state index contributed by atoms with van der Waals surface area (Å²) < 4.78 is 5.84. The van der Waals surface area contributed by atoms with Gasteiger partial charge in [-0.15, -0.1) is 0 Å². The second-order valence-corrected chi connectivity index (χ2v) is 5.34. The van der Waals surface area contributed by atoms with Crippen LogP contribution in [-0.2, 0) is 12.8 Å². The second-order valence-electron chi connectivity index (χ2n) is 5.34. The molecular weight excluding hydrogens is 232 g/mol. The van der Waals surface area contributed by atoms with Crippen LogP contribution in [-0.4, -0.2) is 0 Å². The Morgan fingerprint density at radius 1 is 0.789 bits per heavy atom. The van der Waals surface area contributed by atoms with Crippen molar-refractivity contribution in [2.75, 3.05) is 0 Å². The minimum atomic E-state index is 0.688. The molecule has 0 N–H and O–H groups in total. The molecule has 2 aromatic carbocycles. The van der Waals surface area contributed by atoms with Crippen LogP contribution in [0, 0.1) is 5.92 Å². The maximum absolute atomic E-state index is 5.84. The summed E-state index contributed by atoms with van der Waals surface area (Å²) >= 11 is 0. The standard InChI is InChI=1S/C18H22O/c1-4-15-5-9-17(10-6-15)19-18-11-7-16(8-12-18)13-14(2)3/h5-12,14H,4,13H2,1-3H3. The number of ether oxygens (including phenoxy) is 1. The zero-order valence-electron chi connectivity index (χ0n) is 12.0. The molecule has 0 aliphatic carbocycles. The molecule has 1 heteroatoms. The average Bonchev–Trinajstić information content (AvgIpc) is 2.41. The molecule has 2 rings (SSSR count). The van der Waals surface area contributed by atoms with Gasteiger partial charge in [-0.05, 0) is 54.2 Å². The first-order valence-corrected chi connectivity index (χ1v) is 7.03. The fourth-order valence-corrected chi connectivity index (χ4v) is 2.09. The van der Waals surface area contributed by atoms with Crippen LogP contribution in [0.4, 0.5) is 0 Å². The predicted octanol–water partition coefficient (Wildman–Crippen LogP) is 5.24. The smallest absolute Gasteiger partial charge is 0.127 e. The van der Waals surface area contributed by atoms with Gasteiger partial charge in [0.25, 0.3) is 0 Å². The van der Waals surface area contributed by atoms with E-state index in [-0.39, 0.29) is 0 Å². The van der Waals surface area contributed by atoms with Crippen LogP contribution in [0.3, 0.4) is 0 Å². The van der Waals surface area contributed by atoms with Gasteiger partial charge in [0.1, 0.15) is 11.5 Å². The van der Waals surface area contributed by atoms with Crippen molar-refractivity contribution in [3.05, 3.63) is 59.7 Å². The number of aryl methyl sites for hydroxylation is 1. The summed E-state index contributed by atoms with van der Waals surface area (Å²) in [6.45, 7) is 6.63. The molecule has 0 saturated heterocycles. The molecule has 2 aromatic rings. The Labute approximate surface area is 116 Å². The quantitative estimate of drug-likeness (QED) is 0.709. The lowest BCUT2D eigenvalue weighted by atomic mass is 10.0. The highest BCUT2D eigenvalue weighted by Crippen LogP contribution is 2.22. The summed E-state index contributed by atoms with van der Waals surface area (Å²) in [6.07, 6.45) is 2.18. The Morgan fingerprint density at radius 3 is 1.68 bits per heavy atom. The third kappa shape index (κ3) is 4.13. The van der Waals surface area contributed by atoms with Crippen molar-refractivity contribution in [3.8, 4) is 11.5 Å². The monoisotopic (exact) mass is 254 g/mol. The Kier molecular flexibility index (Phi) is 4.62. The lowest BCUT2D eigenvalue weighted by Gasteiger charge is -2.08. The third-order valence-electron chi connectivity index (χ3n) is 3.13. The zero-order chi connectivity index (χ0) is 13.7. The van der Waals surface area contributed by atoms with Crippen LogP contribution in [0.2, 0.25) is 0 Å². The van der Waals surface area contributed by atoms with E-state index in [1.807, 2.05) is 24.3 Å². The molecule has 100 valence electrons. The Balaban J connectivity index is 2.02. The number of rotatable bonds is 5. The highest BCUT2D eigenvalue weighted by atomic mass is 16.5. The van der Waals surface area contributed by atoms with Crippen molar-refractivity contribution in [1.82, 2.24) is 0 Å². The minimum Gasteiger partial charge on any atom is -0.457 e. The lowest BCUT2D eigenvalue weighted by molar-refractivity contribution is 0.482. The molecular formula is C18H22O. The van der Waals surface area contributed by atoms with Gasteiger partial charge in [0.15, 0.2) is 0 Å². The molecule has 0 atom stereocenters. The molecule has 0 bridgehead atoms. The van der Waals surface area contributed by atoms with Crippen LogP contribution in [0.5, 0.6) is 11.5 Å². The first-order valence-electron chi connectivity index (χ1n) is 7.03. The van der Waals surface area contributed by atoms with Crippen LogP contribution in [0.25, 0.3) is 0 Å². The molecule has 19 heavy (non-hydrogen) atoms. The lowest BCUT2D eigenvalue weighted by Crippen LogP contribution is -1.93. The molecule has 0 aliphatic rings. The summed E-state index contributed by atoms with van der Waals surface area (Å²) in [4.78, 5) is 0. The molecule has 0 unspecified atom stereocenters. The van der Waals surface area contributed by atoms with E-state index in [0.29, 0.717) is 5.92 Å². The first kappa shape index (κ1) is 13.7. The van der Waals surface area contributed by atoms with Crippen LogP contribution >= 0.6 is 0 Å². The van der Waals surface area contributed by atoms with E-state index in [0.717, 1.165) is 24.3 Å². The van der Waals surface area contributed by atoms with E-state index in [1.165, 1.54) is 11.1 Å². The number of benzene rings is 2. The zero-order valence-corrected chi connectivity index (χ0v) is 12.0. The van der Waals surface area contributed by atoms with Crippen LogP contribution < -0.4 is 4.74 Å². The summed E-state index contributed by atoms with van der Waals surface area (Å²) in [5.41, 5.74) is 2.70. The maximum Gasteiger partial charge on any atom is 0.127 e. The van der Waals surface area contributed by atoms with E-state index in [4.69, 9.17) is 4.74 Å². The maximum atomic E-state index is 5.84. The van der Waals surface area contributed by atoms with Gasteiger partial charge in [-0.3, -0.25) is 0 Å². The third-order valence-corrected chi connectivity index (χ3v) is 3.13. The predicted molar refractivity (Wildman–Crippen MR) is 80.9 cm³/mol. The van der Waals surface area contributed by atoms with Gasteiger partial charge in [0, 0.05) is 0 Å². The first-order chi connectivity index (χ1) is 9.17. The number of hydrogen-bond acceptors (Lipinski definition) is 1. The molecule has 0 amide bonds. The van der Waals surface area contributed by atoms with Crippen molar-refractivity contribution < 1.29 is 4.74 Å². The molecule has 0 saturated carbocycles. The highest BCUT2D eigenvalue weighted by Gasteiger charge is 2.00. The summed E-state index contributed by atoms with van der Waals surface area (Å²) in [5, 5.41) is 0. The molecule has 1 nitrogen and oxygen atoms in total. The minimum absolute atomic E-state index is 0.688. The van der Waals surface area contributed by atoms with Crippen molar-refractivity contribution in [1.29, 1.82) is 0 Å². The van der Waals surface area contributed by atoms with E-state index >= 15 is 0 Å². The van der Waals surface area contributed by atoms with Gasteiger partial charge in [0.2, 0.25) is 0 Å². The molecule has 0 aliphatic heterocycles. The van der Waals surface area contributed by atoms with Gasteiger partial charge in [0.05, 0.1) is 0 Å². The topological polar surface area (TPSA) is 9.23 Å². The van der Waals surface area contributed by atoms with Crippen molar-refractivity contribution in [2.45, 2.75) is 33.6 Å². The Morgan fingerprint density at radius 2 is 1.26 bits per heavy atom. The normalized spacial score (nSPS) is 10.7. The van der Waals surface area contributed by atoms with Gasteiger partial charge in [-0.1, -0.05) is 45.0 Å². The summed E-state index contributed by atoms with van der Waals surface area (Å²) in [6, 6.07) is 16.7. The Bertz CT molecular complexity index is 494. The van der Waals surface area contributed by atoms with Gasteiger partial charge in [-0.25, -0.2) is 0 Å². The van der Waals surface area contributed by atoms with Crippen LogP contribution in [0.15, 0.2) is 48.5 Å². The molecule has 0 aromatic heterocycles. The van der Waals surface area contributed by atoms with E-state index in [2.05, 4.69) is 45.0 Å². The highest BCUT2D eigenvalue weighted by molar-refractivity contribution is 5.34. The number of hydrogen-bond donors (Lipinski definition) is 0. The van der Waals surface area contributed by atoms with Gasteiger partial charge < -0.3 is 4.74 Å². The summed E-state index contributed by atoms with van der Waals surface area (Å²) in [5.74, 6) is 2.49. The SMILES string of the molecule is CCc1ccc(Oc2ccc(CC(C)C)cc2)cc1. The van der Waals surface area contributed by atoms with E-state index < -0.39 is 0 Å². The average molecular weight is 254 g/mol. The molecule has 0 spiro atoms. The van der Waals surface area contributed by atoms with Gasteiger partial charge in [-0.2, -0.15) is 0 Å². The van der Waals surface area contributed by atoms with Crippen molar-refractivity contribution in [3.63, 3.8) is 0 Å². The van der Waals surface area contributed by atoms with E-state index in [1.54, 1.807) is 0 Å². The van der Waals surface area contributed by atoms with Crippen LogP contribution in [0.1, 0.15) is 31.9 Å².